The number of benzene rings is 1. The van der Waals surface area contributed by atoms with Crippen molar-refractivity contribution in [2.45, 2.75) is 58.6 Å². The van der Waals surface area contributed by atoms with Gasteiger partial charge in [-0.1, -0.05) is 29.8 Å². The van der Waals surface area contributed by atoms with Gasteiger partial charge in [-0.2, -0.15) is 8.42 Å². The number of carbonyl (C=O) groups excluding carboxylic acids is 1. The first-order valence-corrected chi connectivity index (χ1v) is 11.8. The van der Waals surface area contributed by atoms with E-state index in [2.05, 4.69) is 46.5 Å². The molecule has 1 amide bonds. The van der Waals surface area contributed by atoms with Gasteiger partial charge in [0.1, 0.15) is 17.4 Å². The molecule has 1 aliphatic heterocycles. The maximum atomic E-state index is 12.3. The van der Waals surface area contributed by atoms with Gasteiger partial charge < -0.3 is 19.4 Å². The molecule has 1 fully saturated rings. The number of aryl methyl sites for hydroxylation is 1. The minimum Gasteiger partial charge on any atom is -0.458 e. The van der Waals surface area contributed by atoms with Crippen LogP contribution in [0.1, 0.15) is 56.2 Å². The van der Waals surface area contributed by atoms with Crippen molar-refractivity contribution in [1.82, 2.24) is 14.9 Å². The number of ether oxygens (including phenoxy) is 1. The number of likely N-dealkylation sites (tertiary alicyclic amines) is 1. The van der Waals surface area contributed by atoms with Crippen molar-refractivity contribution in [2.24, 2.45) is 0 Å². The van der Waals surface area contributed by atoms with Crippen molar-refractivity contribution in [2.75, 3.05) is 18.4 Å². The summed E-state index contributed by atoms with van der Waals surface area (Å²) in [5, 5.41) is 3.37. The van der Waals surface area contributed by atoms with Gasteiger partial charge >= 0.3 is 17.7 Å². The highest BCUT2D eigenvalue weighted by Crippen LogP contribution is 2.35. The third kappa shape index (κ3) is 6.63. The van der Waals surface area contributed by atoms with Gasteiger partial charge in [-0.05, 0) is 52.0 Å². The highest BCUT2D eigenvalue weighted by atomic mass is 32.1. The molecule has 3 aromatic rings. The SMILES string of the molecule is Cc1ccc(CNc2ncnc3c(C4CCN(C(=O)OC(C)(C)C)CC4)coc23)cc1.O=S=O. The minimum atomic E-state index is -0.750. The molecule has 3 heterocycles. The normalized spacial score (nSPS) is 14.3. The fourth-order valence-electron chi connectivity index (χ4n) is 3.88. The molecule has 0 saturated carbocycles. The van der Waals surface area contributed by atoms with E-state index < -0.39 is 17.2 Å². The Morgan fingerprint density at radius 1 is 1.18 bits per heavy atom. The van der Waals surface area contributed by atoms with Crippen molar-refractivity contribution in [3.63, 3.8) is 0 Å². The lowest BCUT2D eigenvalue weighted by Crippen LogP contribution is -2.41. The Balaban J connectivity index is 0.00000103. The second-order valence-electron chi connectivity index (χ2n) is 9.24. The molecule has 0 aliphatic carbocycles. The van der Waals surface area contributed by atoms with Gasteiger partial charge in [0.05, 0.1) is 6.26 Å². The third-order valence-electron chi connectivity index (χ3n) is 5.55. The van der Waals surface area contributed by atoms with E-state index in [-0.39, 0.29) is 6.09 Å². The Kier molecular flexibility index (Phi) is 8.38. The largest absolute Gasteiger partial charge is 0.458 e. The zero-order valence-corrected chi connectivity index (χ0v) is 20.7. The Bertz CT molecular complexity index is 1140. The number of nitrogens with one attached hydrogen (secondary N) is 1. The summed E-state index contributed by atoms with van der Waals surface area (Å²) in [5.74, 6) is 0.989. The number of amides is 1. The second kappa shape index (κ2) is 11.2. The molecule has 4 rings (SSSR count). The first-order chi connectivity index (χ1) is 16.2. The van der Waals surface area contributed by atoms with Gasteiger partial charge in [0.15, 0.2) is 11.4 Å². The molecule has 9 nitrogen and oxygen atoms in total. The van der Waals surface area contributed by atoms with Gasteiger partial charge in [-0.25, -0.2) is 14.8 Å². The lowest BCUT2D eigenvalue weighted by atomic mass is 9.90. The van der Waals surface area contributed by atoms with E-state index in [0.717, 1.165) is 23.9 Å². The second-order valence-corrected chi connectivity index (χ2v) is 9.38. The van der Waals surface area contributed by atoms with E-state index >= 15 is 0 Å². The molecule has 1 saturated heterocycles. The average Bonchev–Trinajstić information content (AvgIpc) is 3.23. The highest BCUT2D eigenvalue weighted by molar-refractivity contribution is 7.51. The molecule has 0 bridgehead atoms. The number of fused-ring (bicyclic) bond motifs is 1. The first-order valence-electron chi connectivity index (χ1n) is 11.1. The molecule has 0 radical (unpaired) electrons. The first kappa shape index (κ1) is 25.4. The predicted octanol–water partition coefficient (Wildman–Crippen LogP) is 4.59. The number of aromatic nitrogens is 2. The van der Waals surface area contributed by atoms with Crippen LogP contribution >= 0.6 is 0 Å². The zero-order valence-electron chi connectivity index (χ0n) is 19.9. The Morgan fingerprint density at radius 3 is 2.44 bits per heavy atom. The van der Waals surface area contributed by atoms with E-state index in [1.54, 1.807) is 17.5 Å². The summed E-state index contributed by atoms with van der Waals surface area (Å²) in [6.45, 7) is 9.73. The Labute approximate surface area is 202 Å². The summed E-state index contributed by atoms with van der Waals surface area (Å²) < 4.78 is 28.0. The predicted molar refractivity (Wildman–Crippen MR) is 129 cm³/mol. The van der Waals surface area contributed by atoms with Crippen LogP contribution in [-0.4, -0.2) is 48.1 Å². The summed E-state index contributed by atoms with van der Waals surface area (Å²) in [7, 11) is 0. The van der Waals surface area contributed by atoms with Crippen LogP contribution in [0.5, 0.6) is 0 Å². The third-order valence-corrected chi connectivity index (χ3v) is 5.55. The van der Waals surface area contributed by atoms with Crippen molar-refractivity contribution < 1.29 is 22.4 Å². The van der Waals surface area contributed by atoms with Gasteiger partial charge in [0, 0.05) is 25.2 Å². The number of furan rings is 1. The smallest absolute Gasteiger partial charge is 0.410 e. The monoisotopic (exact) mass is 486 g/mol. The van der Waals surface area contributed by atoms with Crippen LogP contribution in [0.3, 0.4) is 0 Å². The minimum absolute atomic E-state index is 0.243. The van der Waals surface area contributed by atoms with Crippen LogP contribution in [-0.2, 0) is 22.9 Å². The summed E-state index contributed by atoms with van der Waals surface area (Å²) in [4.78, 5) is 23.0. The number of carbonyl (C=O) groups is 1. The average molecular weight is 487 g/mol. The number of hydrogen-bond donors (Lipinski definition) is 1. The molecule has 2 aromatic heterocycles. The number of hydrogen-bond acceptors (Lipinski definition) is 8. The molecule has 0 unspecified atom stereocenters. The molecule has 0 spiro atoms. The summed E-state index contributed by atoms with van der Waals surface area (Å²) >= 11 is -0.750. The Hall–Kier alpha value is -3.27. The summed E-state index contributed by atoms with van der Waals surface area (Å²) in [6, 6.07) is 8.40. The van der Waals surface area contributed by atoms with Crippen LogP contribution in [0.2, 0.25) is 0 Å². The van der Waals surface area contributed by atoms with Crippen LogP contribution in [0.4, 0.5) is 10.6 Å². The maximum Gasteiger partial charge on any atom is 0.410 e. The standard InChI is InChI=1S/C24H30N4O3.O2S/c1-16-5-7-17(8-6-16)13-25-22-21-20(26-15-27-22)19(14-30-21)18-9-11-28(12-10-18)23(29)31-24(2,3)4;1-3-2/h5-8,14-15,18H,9-13H2,1-4H3,(H,25,26,27);. The number of piperidine rings is 1. The molecule has 182 valence electrons. The maximum absolute atomic E-state index is 12.3. The van der Waals surface area contributed by atoms with Crippen LogP contribution in [0.25, 0.3) is 11.1 Å². The number of anilines is 1. The lowest BCUT2D eigenvalue weighted by Gasteiger charge is -2.33. The molecule has 1 N–H and O–H groups in total. The molecule has 1 aliphatic rings. The molecule has 34 heavy (non-hydrogen) atoms. The van der Waals surface area contributed by atoms with Gasteiger partial charge in [0.2, 0.25) is 0 Å². The van der Waals surface area contributed by atoms with Gasteiger partial charge in [0.25, 0.3) is 0 Å². The Morgan fingerprint density at radius 2 is 1.82 bits per heavy atom. The van der Waals surface area contributed by atoms with E-state index in [9.17, 15) is 4.79 Å². The summed E-state index contributed by atoms with van der Waals surface area (Å²) in [6.07, 6.45) is 4.83. The number of rotatable bonds is 4. The van der Waals surface area contributed by atoms with Gasteiger partial charge in [-0.3, -0.25) is 0 Å². The fourth-order valence-corrected chi connectivity index (χ4v) is 3.88. The van der Waals surface area contributed by atoms with Crippen LogP contribution < -0.4 is 5.32 Å². The highest BCUT2D eigenvalue weighted by Gasteiger charge is 2.29. The quantitative estimate of drug-likeness (QED) is 0.570. The van der Waals surface area contributed by atoms with Crippen LogP contribution in [0, 0.1) is 6.92 Å². The van der Waals surface area contributed by atoms with E-state index in [4.69, 9.17) is 17.6 Å². The van der Waals surface area contributed by atoms with Crippen molar-refractivity contribution in [3.05, 3.63) is 53.5 Å². The van der Waals surface area contributed by atoms with Crippen molar-refractivity contribution in [3.8, 4) is 0 Å². The lowest BCUT2D eigenvalue weighted by molar-refractivity contribution is 0.0205. The summed E-state index contributed by atoms with van der Waals surface area (Å²) in [5.41, 5.74) is 4.55. The van der Waals surface area contributed by atoms with Crippen molar-refractivity contribution in [1.29, 1.82) is 0 Å². The molecule has 0 atom stereocenters. The van der Waals surface area contributed by atoms with E-state index in [1.807, 2.05) is 20.8 Å². The molecular formula is C24H30N4O5S. The topological polar surface area (TPSA) is 115 Å². The molecule has 10 heteroatoms. The van der Waals surface area contributed by atoms with Crippen molar-refractivity contribution >= 4 is 34.6 Å². The molecule has 1 aromatic carbocycles. The van der Waals surface area contributed by atoms with Crippen LogP contribution in [0.15, 0.2) is 41.3 Å². The fraction of sp³-hybridized carbons (Fsp3) is 0.458. The van der Waals surface area contributed by atoms with E-state index in [0.29, 0.717) is 37.0 Å². The number of nitrogens with zero attached hydrogens (tertiary/aromatic N) is 3. The van der Waals surface area contributed by atoms with E-state index in [1.165, 1.54) is 11.1 Å². The molecular weight excluding hydrogens is 456 g/mol. The van der Waals surface area contributed by atoms with Gasteiger partial charge in [-0.15, -0.1) is 0 Å². The zero-order chi connectivity index (χ0) is 24.7.